The van der Waals surface area contributed by atoms with E-state index in [0.717, 1.165) is 22.2 Å². The molecular formula is C12H18BrNO. The molecule has 1 aromatic rings. The molecule has 2 atom stereocenters. The molecule has 2 unspecified atom stereocenters. The third-order valence-corrected chi connectivity index (χ3v) is 3.06. The van der Waals surface area contributed by atoms with Crippen LogP contribution in [0.2, 0.25) is 0 Å². The van der Waals surface area contributed by atoms with E-state index in [0.29, 0.717) is 0 Å². The number of nitrogens with two attached hydrogens (primary N) is 1. The van der Waals surface area contributed by atoms with Gasteiger partial charge in [-0.2, -0.15) is 0 Å². The quantitative estimate of drug-likeness (QED) is 0.908. The van der Waals surface area contributed by atoms with Crippen molar-refractivity contribution in [1.29, 1.82) is 0 Å². The lowest BCUT2D eigenvalue weighted by molar-refractivity contribution is 0.217. The van der Waals surface area contributed by atoms with E-state index >= 15 is 0 Å². The van der Waals surface area contributed by atoms with Gasteiger partial charge in [0.05, 0.1) is 6.10 Å². The van der Waals surface area contributed by atoms with E-state index in [1.165, 1.54) is 0 Å². The van der Waals surface area contributed by atoms with Crippen molar-refractivity contribution in [3.05, 3.63) is 28.2 Å². The SMILES string of the molecule is CCC(C)Oc1ccc(C(C)N)c(Br)c1. The van der Waals surface area contributed by atoms with E-state index < -0.39 is 0 Å². The number of benzene rings is 1. The number of halogens is 1. The largest absolute Gasteiger partial charge is 0.491 e. The Morgan fingerprint density at radius 1 is 1.40 bits per heavy atom. The second kappa shape index (κ2) is 5.52. The van der Waals surface area contributed by atoms with E-state index in [1.807, 2.05) is 25.1 Å². The lowest BCUT2D eigenvalue weighted by atomic mass is 10.1. The summed E-state index contributed by atoms with van der Waals surface area (Å²) in [7, 11) is 0. The molecule has 0 fully saturated rings. The van der Waals surface area contributed by atoms with Gasteiger partial charge in [-0.15, -0.1) is 0 Å². The summed E-state index contributed by atoms with van der Waals surface area (Å²) in [6.45, 7) is 6.14. The fourth-order valence-corrected chi connectivity index (χ4v) is 1.98. The molecule has 3 heteroatoms. The van der Waals surface area contributed by atoms with Gasteiger partial charge in [0.2, 0.25) is 0 Å². The number of rotatable bonds is 4. The van der Waals surface area contributed by atoms with Gasteiger partial charge in [-0.25, -0.2) is 0 Å². The molecule has 0 aliphatic rings. The van der Waals surface area contributed by atoms with E-state index in [2.05, 4.69) is 29.8 Å². The molecule has 1 aromatic carbocycles. The molecule has 0 saturated carbocycles. The second-order valence-electron chi connectivity index (χ2n) is 3.81. The van der Waals surface area contributed by atoms with Crippen LogP contribution in [0.1, 0.15) is 38.8 Å². The van der Waals surface area contributed by atoms with Gasteiger partial charge in [0.25, 0.3) is 0 Å². The molecule has 0 aromatic heterocycles. The number of ether oxygens (including phenoxy) is 1. The predicted molar refractivity (Wildman–Crippen MR) is 67.1 cm³/mol. The van der Waals surface area contributed by atoms with Crippen LogP contribution in [0.4, 0.5) is 0 Å². The van der Waals surface area contributed by atoms with E-state index in [1.54, 1.807) is 0 Å². The van der Waals surface area contributed by atoms with Crippen LogP contribution < -0.4 is 10.5 Å². The zero-order valence-electron chi connectivity index (χ0n) is 9.46. The molecule has 0 amide bonds. The maximum absolute atomic E-state index is 5.82. The highest BCUT2D eigenvalue weighted by Crippen LogP contribution is 2.27. The van der Waals surface area contributed by atoms with Gasteiger partial charge >= 0.3 is 0 Å². The molecule has 0 heterocycles. The normalized spacial score (nSPS) is 14.7. The first-order valence-corrected chi connectivity index (χ1v) is 6.05. The fourth-order valence-electron chi connectivity index (χ4n) is 1.27. The summed E-state index contributed by atoms with van der Waals surface area (Å²) in [5.41, 5.74) is 6.92. The lowest BCUT2D eigenvalue weighted by Crippen LogP contribution is -2.10. The summed E-state index contributed by atoms with van der Waals surface area (Å²) in [5, 5.41) is 0. The maximum atomic E-state index is 5.82. The van der Waals surface area contributed by atoms with E-state index in [-0.39, 0.29) is 12.1 Å². The lowest BCUT2D eigenvalue weighted by Gasteiger charge is -2.15. The smallest absolute Gasteiger partial charge is 0.120 e. The summed E-state index contributed by atoms with van der Waals surface area (Å²) in [6, 6.07) is 5.99. The van der Waals surface area contributed by atoms with Gasteiger partial charge in [0.15, 0.2) is 0 Å². The Balaban J connectivity index is 2.82. The molecular weight excluding hydrogens is 254 g/mol. The zero-order chi connectivity index (χ0) is 11.4. The third kappa shape index (κ3) is 3.50. The van der Waals surface area contributed by atoms with Gasteiger partial charge < -0.3 is 10.5 Å². The minimum atomic E-state index is 0.0389. The monoisotopic (exact) mass is 271 g/mol. The Bertz CT molecular complexity index is 325. The molecule has 0 radical (unpaired) electrons. The topological polar surface area (TPSA) is 35.2 Å². The predicted octanol–water partition coefficient (Wildman–Crippen LogP) is 3.65. The van der Waals surface area contributed by atoms with Crippen LogP contribution in [-0.2, 0) is 0 Å². The van der Waals surface area contributed by atoms with Crippen molar-refractivity contribution in [2.24, 2.45) is 5.73 Å². The number of hydrogen-bond donors (Lipinski definition) is 1. The molecule has 15 heavy (non-hydrogen) atoms. The second-order valence-corrected chi connectivity index (χ2v) is 4.66. The van der Waals surface area contributed by atoms with Crippen molar-refractivity contribution < 1.29 is 4.74 Å². The fraction of sp³-hybridized carbons (Fsp3) is 0.500. The Kier molecular flexibility index (Phi) is 4.61. The van der Waals surface area contributed by atoms with Crippen LogP contribution in [0.3, 0.4) is 0 Å². The van der Waals surface area contributed by atoms with Crippen LogP contribution in [0.15, 0.2) is 22.7 Å². The first-order chi connectivity index (χ1) is 7.04. The van der Waals surface area contributed by atoms with E-state index in [9.17, 15) is 0 Å². The molecule has 0 aliphatic carbocycles. The molecule has 84 valence electrons. The average Bonchev–Trinajstić information content (AvgIpc) is 2.17. The van der Waals surface area contributed by atoms with Crippen LogP contribution in [0.5, 0.6) is 5.75 Å². The molecule has 0 bridgehead atoms. The molecule has 0 saturated heterocycles. The minimum Gasteiger partial charge on any atom is -0.491 e. The van der Waals surface area contributed by atoms with Crippen LogP contribution in [0, 0.1) is 0 Å². The van der Waals surface area contributed by atoms with Crippen molar-refractivity contribution in [2.75, 3.05) is 0 Å². The first kappa shape index (κ1) is 12.5. The van der Waals surface area contributed by atoms with Crippen LogP contribution in [-0.4, -0.2) is 6.10 Å². The summed E-state index contributed by atoms with van der Waals surface area (Å²) < 4.78 is 6.72. The summed E-state index contributed by atoms with van der Waals surface area (Å²) in [5.74, 6) is 0.889. The van der Waals surface area contributed by atoms with Crippen LogP contribution in [0.25, 0.3) is 0 Å². The maximum Gasteiger partial charge on any atom is 0.120 e. The summed E-state index contributed by atoms with van der Waals surface area (Å²) in [4.78, 5) is 0. The highest BCUT2D eigenvalue weighted by molar-refractivity contribution is 9.10. The summed E-state index contributed by atoms with van der Waals surface area (Å²) >= 11 is 3.50. The van der Waals surface area contributed by atoms with Gasteiger partial charge in [0.1, 0.15) is 5.75 Å². The van der Waals surface area contributed by atoms with Crippen molar-refractivity contribution in [3.8, 4) is 5.75 Å². The Hall–Kier alpha value is -0.540. The minimum absolute atomic E-state index is 0.0389. The Morgan fingerprint density at radius 2 is 2.07 bits per heavy atom. The highest BCUT2D eigenvalue weighted by atomic mass is 79.9. The average molecular weight is 272 g/mol. The first-order valence-electron chi connectivity index (χ1n) is 5.26. The van der Waals surface area contributed by atoms with Gasteiger partial charge in [-0.1, -0.05) is 28.9 Å². The Labute approximate surface area is 99.9 Å². The highest BCUT2D eigenvalue weighted by Gasteiger charge is 2.07. The molecule has 0 aliphatic heterocycles. The van der Waals surface area contributed by atoms with Crippen molar-refractivity contribution >= 4 is 15.9 Å². The third-order valence-electron chi connectivity index (χ3n) is 2.37. The van der Waals surface area contributed by atoms with Gasteiger partial charge in [0, 0.05) is 10.5 Å². The summed E-state index contributed by atoms with van der Waals surface area (Å²) in [6.07, 6.45) is 1.25. The standard InChI is InChI=1S/C12H18BrNO/c1-4-8(2)15-10-5-6-11(9(3)14)12(13)7-10/h5-9H,4,14H2,1-3H3. The van der Waals surface area contributed by atoms with Crippen molar-refractivity contribution in [3.63, 3.8) is 0 Å². The van der Waals surface area contributed by atoms with Gasteiger partial charge in [-0.05, 0) is 38.0 Å². The van der Waals surface area contributed by atoms with Crippen molar-refractivity contribution in [2.45, 2.75) is 39.3 Å². The van der Waals surface area contributed by atoms with Crippen molar-refractivity contribution in [1.82, 2.24) is 0 Å². The molecule has 2 nitrogen and oxygen atoms in total. The van der Waals surface area contributed by atoms with Gasteiger partial charge in [-0.3, -0.25) is 0 Å². The number of hydrogen-bond acceptors (Lipinski definition) is 2. The molecule has 2 N–H and O–H groups in total. The zero-order valence-corrected chi connectivity index (χ0v) is 11.0. The van der Waals surface area contributed by atoms with Crippen LogP contribution >= 0.6 is 15.9 Å². The Morgan fingerprint density at radius 3 is 2.53 bits per heavy atom. The van der Waals surface area contributed by atoms with E-state index in [4.69, 9.17) is 10.5 Å². The molecule has 1 rings (SSSR count). The molecule has 0 spiro atoms.